The molecule has 7 heteroatoms. The van der Waals surface area contributed by atoms with Gasteiger partial charge in [0.25, 0.3) is 0 Å². The predicted molar refractivity (Wildman–Crippen MR) is 103 cm³/mol. The summed E-state index contributed by atoms with van der Waals surface area (Å²) in [7, 11) is 0. The second-order valence-corrected chi connectivity index (χ2v) is 7.04. The molecule has 1 fully saturated rings. The van der Waals surface area contributed by atoms with Crippen LogP contribution >= 0.6 is 15.9 Å². The summed E-state index contributed by atoms with van der Waals surface area (Å²) >= 11 is 3.45. The quantitative estimate of drug-likeness (QED) is 0.537. The number of morpholine rings is 1. The Bertz CT molecular complexity index is 909. The Labute approximate surface area is 164 Å². The highest BCUT2D eigenvalue weighted by atomic mass is 79.9. The SMILES string of the molecule is O=C(/C=C/c1cc2c(cc1Br)OCO2)c1ccc(N2CCOCC2)c(F)c1. The fourth-order valence-corrected chi connectivity index (χ4v) is 3.50. The number of nitrogens with zero attached hydrogens (tertiary/aromatic N) is 1. The Morgan fingerprint density at radius 3 is 2.59 bits per heavy atom. The average molecular weight is 434 g/mol. The van der Waals surface area contributed by atoms with Gasteiger partial charge in [-0.1, -0.05) is 15.9 Å². The normalized spacial score (nSPS) is 16.1. The zero-order valence-electron chi connectivity index (χ0n) is 14.4. The number of rotatable bonds is 4. The highest BCUT2D eigenvalue weighted by Crippen LogP contribution is 2.37. The van der Waals surface area contributed by atoms with Crippen LogP contribution in [0.5, 0.6) is 11.5 Å². The maximum atomic E-state index is 14.5. The van der Waals surface area contributed by atoms with Crippen molar-refractivity contribution in [3.63, 3.8) is 0 Å². The first-order chi connectivity index (χ1) is 13.1. The molecule has 0 aliphatic carbocycles. The third-order valence-corrected chi connectivity index (χ3v) is 5.18. The molecule has 0 saturated carbocycles. The first kappa shape index (κ1) is 18.0. The molecule has 27 heavy (non-hydrogen) atoms. The second kappa shape index (κ2) is 7.70. The fourth-order valence-electron chi connectivity index (χ4n) is 3.04. The van der Waals surface area contributed by atoms with Crippen LogP contribution in [0, 0.1) is 5.82 Å². The molecule has 0 unspecified atom stereocenters. The summed E-state index contributed by atoms with van der Waals surface area (Å²) in [6.07, 6.45) is 3.09. The van der Waals surface area contributed by atoms with Crippen molar-refractivity contribution in [1.29, 1.82) is 0 Å². The molecule has 0 radical (unpaired) electrons. The number of anilines is 1. The lowest BCUT2D eigenvalue weighted by atomic mass is 10.1. The zero-order chi connectivity index (χ0) is 18.8. The maximum absolute atomic E-state index is 14.5. The number of ether oxygens (including phenoxy) is 3. The van der Waals surface area contributed by atoms with Gasteiger partial charge in [0.2, 0.25) is 6.79 Å². The van der Waals surface area contributed by atoms with Gasteiger partial charge in [-0.25, -0.2) is 4.39 Å². The Balaban J connectivity index is 1.51. The smallest absolute Gasteiger partial charge is 0.231 e. The van der Waals surface area contributed by atoms with Crippen LogP contribution in [0.25, 0.3) is 6.08 Å². The van der Waals surface area contributed by atoms with E-state index in [1.807, 2.05) is 4.90 Å². The number of benzene rings is 2. The number of carbonyl (C=O) groups is 1. The van der Waals surface area contributed by atoms with Gasteiger partial charge in [-0.15, -0.1) is 0 Å². The van der Waals surface area contributed by atoms with Crippen molar-refractivity contribution in [2.24, 2.45) is 0 Å². The number of hydrogen-bond donors (Lipinski definition) is 0. The van der Waals surface area contributed by atoms with E-state index < -0.39 is 5.82 Å². The van der Waals surface area contributed by atoms with Crippen molar-refractivity contribution in [2.45, 2.75) is 0 Å². The van der Waals surface area contributed by atoms with Crippen LogP contribution in [0.3, 0.4) is 0 Å². The molecule has 2 aromatic carbocycles. The molecule has 140 valence electrons. The molecule has 2 aromatic rings. The van der Waals surface area contributed by atoms with Gasteiger partial charge in [0, 0.05) is 23.1 Å². The predicted octanol–water partition coefficient (Wildman–Crippen LogP) is 4.05. The summed E-state index contributed by atoms with van der Waals surface area (Å²) in [6.45, 7) is 2.62. The molecule has 0 N–H and O–H groups in total. The standard InChI is InChI=1S/C20H17BrFNO4/c21-15-11-20-19(26-12-27-20)10-13(15)2-4-18(24)14-1-3-17(16(22)9-14)23-5-7-25-8-6-23/h1-4,9-11H,5-8,12H2/b4-2+. The molecular formula is C20H17BrFNO4. The van der Waals surface area contributed by atoms with E-state index in [1.165, 1.54) is 12.1 Å². The van der Waals surface area contributed by atoms with Crippen molar-refractivity contribution in [3.05, 3.63) is 57.8 Å². The van der Waals surface area contributed by atoms with Crippen LogP contribution in [0.1, 0.15) is 15.9 Å². The Hall–Kier alpha value is -2.38. The van der Waals surface area contributed by atoms with Gasteiger partial charge in [0.1, 0.15) is 5.82 Å². The Morgan fingerprint density at radius 1 is 1.11 bits per heavy atom. The fraction of sp³-hybridized carbons (Fsp3) is 0.250. The lowest BCUT2D eigenvalue weighted by molar-refractivity contribution is 0.104. The monoisotopic (exact) mass is 433 g/mol. The van der Waals surface area contributed by atoms with Crippen LogP contribution in [0.15, 0.2) is 40.9 Å². The van der Waals surface area contributed by atoms with E-state index >= 15 is 0 Å². The summed E-state index contributed by atoms with van der Waals surface area (Å²) in [6, 6.07) is 8.17. The number of carbonyl (C=O) groups excluding carboxylic acids is 1. The minimum Gasteiger partial charge on any atom is -0.454 e. The van der Waals surface area contributed by atoms with Gasteiger partial charge < -0.3 is 19.1 Å². The van der Waals surface area contributed by atoms with Crippen LogP contribution < -0.4 is 14.4 Å². The summed E-state index contributed by atoms with van der Waals surface area (Å²) in [5.74, 6) is 0.615. The van der Waals surface area contributed by atoms with Gasteiger partial charge in [-0.05, 0) is 48.0 Å². The number of ketones is 1. The van der Waals surface area contributed by atoms with Gasteiger partial charge in [0.05, 0.1) is 18.9 Å². The van der Waals surface area contributed by atoms with E-state index in [4.69, 9.17) is 14.2 Å². The van der Waals surface area contributed by atoms with Crippen molar-refractivity contribution in [3.8, 4) is 11.5 Å². The molecule has 5 nitrogen and oxygen atoms in total. The lowest BCUT2D eigenvalue weighted by Gasteiger charge is -2.29. The van der Waals surface area contributed by atoms with E-state index in [1.54, 1.807) is 30.3 Å². The topological polar surface area (TPSA) is 48.0 Å². The minimum atomic E-state index is -0.402. The molecule has 2 heterocycles. The van der Waals surface area contributed by atoms with E-state index in [2.05, 4.69) is 15.9 Å². The maximum Gasteiger partial charge on any atom is 0.231 e. The first-order valence-electron chi connectivity index (χ1n) is 8.55. The van der Waals surface area contributed by atoms with E-state index in [0.717, 1.165) is 10.0 Å². The molecule has 0 bridgehead atoms. The number of fused-ring (bicyclic) bond motifs is 1. The molecule has 4 rings (SSSR count). The highest BCUT2D eigenvalue weighted by molar-refractivity contribution is 9.10. The Kier molecular flexibility index (Phi) is 5.13. The second-order valence-electron chi connectivity index (χ2n) is 6.19. The van der Waals surface area contributed by atoms with Crippen molar-refractivity contribution < 1.29 is 23.4 Å². The summed E-state index contributed by atoms with van der Waals surface area (Å²) < 4.78 is 31.2. The first-order valence-corrected chi connectivity index (χ1v) is 9.35. The number of allylic oxidation sites excluding steroid dienone is 1. The van der Waals surface area contributed by atoms with E-state index in [9.17, 15) is 9.18 Å². The van der Waals surface area contributed by atoms with Crippen molar-refractivity contribution >= 4 is 33.5 Å². The number of halogens is 2. The summed E-state index contributed by atoms with van der Waals surface area (Å²) in [4.78, 5) is 14.4. The van der Waals surface area contributed by atoms with Crippen molar-refractivity contribution in [2.75, 3.05) is 38.0 Å². The highest BCUT2D eigenvalue weighted by Gasteiger charge is 2.17. The molecule has 0 amide bonds. The van der Waals surface area contributed by atoms with Crippen LogP contribution in [-0.2, 0) is 4.74 Å². The zero-order valence-corrected chi connectivity index (χ0v) is 16.0. The summed E-state index contributed by atoms with van der Waals surface area (Å²) in [5.41, 5.74) is 1.58. The number of hydrogen-bond acceptors (Lipinski definition) is 5. The van der Waals surface area contributed by atoms with Crippen molar-refractivity contribution in [1.82, 2.24) is 0 Å². The van der Waals surface area contributed by atoms with Crippen LogP contribution in [0.2, 0.25) is 0 Å². The molecule has 0 spiro atoms. The van der Waals surface area contributed by atoms with Gasteiger partial charge >= 0.3 is 0 Å². The van der Waals surface area contributed by atoms with Gasteiger partial charge in [0.15, 0.2) is 17.3 Å². The van der Waals surface area contributed by atoms with E-state index in [-0.39, 0.29) is 12.6 Å². The molecule has 0 aromatic heterocycles. The molecule has 0 atom stereocenters. The third-order valence-electron chi connectivity index (χ3n) is 4.49. The molecular weight excluding hydrogens is 417 g/mol. The van der Waals surface area contributed by atoms with Gasteiger partial charge in [-0.3, -0.25) is 4.79 Å². The molecule has 1 saturated heterocycles. The third kappa shape index (κ3) is 3.84. The largest absolute Gasteiger partial charge is 0.454 e. The van der Waals surface area contributed by atoms with Crippen LogP contribution in [0.4, 0.5) is 10.1 Å². The van der Waals surface area contributed by atoms with Gasteiger partial charge in [-0.2, -0.15) is 0 Å². The molecule has 2 aliphatic rings. The molecule has 2 aliphatic heterocycles. The summed E-state index contributed by atoms with van der Waals surface area (Å²) in [5, 5.41) is 0. The average Bonchev–Trinajstić information content (AvgIpc) is 3.13. The minimum absolute atomic E-state index is 0.183. The Morgan fingerprint density at radius 2 is 1.85 bits per heavy atom. The van der Waals surface area contributed by atoms with Crippen LogP contribution in [-0.4, -0.2) is 38.9 Å². The lowest BCUT2D eigenvalue weighted by Crippen LogP contribution is -2.36. The van der Waals surface area contributed by atoms with E-state index in [0.29, 0.717) is 49.1 Å².